The maximum atomic E-state index is 12.2. The minimum atomic E-state index is -0.150. The van der Waals surface area contributed by atoms with E-state index in [0.717, 1.165) is 10.3 Å². The molecule has 0 spiro atoms. The average molecular weight is 318 g/mol. The predicted octanol–water partition coefficient (Wildman–Crippen LogP) is 3.71. The first-order chi connectivity index (χ1) is 10.1. The molecule has 106 valence electrons. The number of benzene rings is 2. The Morgan fingerprint density at radius 3 is 3.00 bits per heavy atom. The Kier molecular flexibility index (Phi) is 3.77. The fraction of sp³-hybridized carbons (Fsp3) is 0.0667. The Morgan fingerprint density at radius 2 is 2.19 bits per heavy atom. The Balaban J connectivity index is 1.83. The third kappa shape index (κ3) is 2.99. The lowest BCUT2D eigenvalue weighted by molar-refractivity contribution is -0.115. The van der Waals surface area contributed by atoms with Crippen LogP contribution in [0.3, 0.4) is 0 Å². The molecule has 4 nitrogen and oxygen atoms in total. The third-order valence-corrected chi connectivity index (χ3v) is 4.14. The molecule has 0 aliphatic heterocycles. The number of nitrogens with zero attached hydrogens (tertiary/aromatic N) is 1. The van der Waals surface area contributed by atoms with E-state index in [1.165, 1.54) is 11.3 Å². The van der Waals surface area contributed by atoms with Gasteiger partial charge in [-0.3, -0.25) is 4.79 Å². The van der Waals surface area contributed by atoms with E-state index < -0.39 is 0 Å². The number of aromatic nitrogens is 1. The van der Waals surface area contributed by atoms with Crippen molar-refractivity contribution in [1.29, 1.82) is 0 Å². The lowest BCUT2D eigenvalue weighted by atomic mass is 10.1. The number of nitrogens with one attached hydrogen (secondary N) is 1. The van der Waals surface area contributed by atoms with Gasteiger partial charge in [0.25, 0.3) is 0 Å². The van der Waals surface area contributed by atoms with Gasteiger partial charge in [0.2, 0.25) is 5.91 Å². The maximum Gasteiger partial charge on any atom is 0.228 e. The summed E-state index contributed by atoms with van der Waals surface area (Å²) < 4.78 is 0.985. The quantitative estimate of drug-likeness (QED) is 0.723. The molecule has 0 radical (unpaired) electrons. The molecule has 0 saturated heterocycles. The van der Waals surface area contributed by atoms with Gasteiger partial charge < -0.3 is 11.1 Å². The number of anilines is 2. The molecule has 1 aromatic heterocycles. The summed E-state index contributed by atoms with van der Waals surface area (Å²) in [5.41, 5.74) is 10.2. The molecule has 1 amide bonds. The van der Waals surface area contributed by atoms with Gasteiger partial charge in [0.15, 0.2) is 0 Å². The number of rotatable bonds is 3. The summed E-state index contributed by atoms with van der Waals surface area (Å²) in [4.78, 5) is 16.4. The van der Waals surface area contributed by atoms with Crippen LogP contribution in [-0.4, -0.2) is 10.9 Å². The second-order valence-corrected chi connectivity index (χ2v) is 5.89. The predicted molar refractivity (Wildman–Crippen MR) is 87.8 cm³/mol. The number of thiazole rings is 1. The first-order valence-electron chi connectivity index (χ1n) is 6.29. The average Bonchev–Trinajstić information content (AvgIpc) is 2.90. The van der Waals surface area contributed by atoms with Crippen LogP contribution >= 0.6 is 22.9 Å². The van der Waals surface area contributed by atoms with E-state index in [1.54, 1.807) is 23.7 Å². The van der Waals surface area contributed by atoms with E-state index >= 15 is 0 Å². The van der Waals surface area contributed by atoms with Crippen molar-refractivity contribution in [1.82, 2.24) is 4.98 Å². The summed E-state index contributed by atoms with van der Waals surface area (Å²) in [5.74, 6) is -0.150. The summed E-state index contributed by atoms with van der Waals surface area (Å²) in [6.45, 7) is 0. The van der Waals surface area contributed by atoms with Gasteiger partial charge in [-0.1, -0.05) is 23.7 Å². The van der Waals surface area contributed by atoms with Crippen LogP contribution in [-0.2, 0) is 11.2 Å². The van der Waals surface area contributed by atoms with Crippen LogP contribution in [0.5, 0.6) is 0 Å². The van der Waals surface area contributed by atoms with Crippen LogP contribution < -0.4 is 11.1 Å². The molecule has 0 unspecified atom stereocenters. The summed E-state index contributed by atoms with van der Waals surface area (Å²) >= 11 is 7.67. The van der Waals surface area contributed by atoms with Gasteiger partial charge in [-0.25, -0.2) is 4.98 Å². The second-order valence-electron chi connectivity index (χ2n) is 4.59. The standard InChI is InChI=1S/C15H12ClN3OS/c16-11-4-5-12-15(18-8-21-12)14(11)19-13(20)7-9-2-1-3-10(17)6-9/h1-6,8H,7,17H2,(H,19,20). The summed E-state index contributed by atoms with van der Waals surface area (Å²) in [7, 11) is 0. The highest BCUT2D eigenvalue weighted by atomic mass is 35.5. The molecular formula is C15H12ClN3OS. The topological polar surface area (TPSA) is 68.0 Å². The van der Waals surface area contributed by atoms with Crippen molar-refractivity contribution in [2.75, 3.05) is 11.1 Å². The third-order valence-electron chi connectivity index (χ3n) is 3.03. The van der Waals surface area contributed by atoms with Gasteiger partial charge in [0.1, 0.15) is 5.52 Å². The summed E-state index contributed by atoms with van der Waals surface area (Å²) in [5, 5.41) is 3.32. The van der Waals surface area contributed by atoms with Gasteiger partial charge in [0, 0.05) is 5.69 Å². The number of hydrogen-bond donors (Lipinski definition) is 2. The van der Waals surface area contributed by atoms with Crippen LogP contribution in [0, 0.1) is 0 Å². The Bertz CT molecular complexity index is 816. The van der Waals surface area contributed by atoms with E-state index in [-0.39, 0.29) is 12.3 Å². The number of carbonyl (C=O) groups is 1. The molecule has 0 aliphatic carbocycles. The van der Waals surface area contributed by atoms with Gasteiger partial charge >= 0.3 is 0 Å². The number of carbonyl (C=O) groups excluding carboxylic acids is 1. The molecule has 0 fully saturated rings. The minimum Gasteiger partial charge on any atom is -0.399 e. The van der Waals surface area contributed by atoms with Crippen molar-refractivity contribution >= 4 is 50.4 Å². The van der Waals surface area contributed by atoms with Gasteiger partial charge in [0.05, 0.1) is 27.3 Å². The summed E-state index contributed by atoms with van der Waals surface area (Å²) in [6, 6.07) is 10.9. The van der Waals surface area contributed by atoms with E-state index in [1.807, 2.05) is 18.2 Å². The molecule has 6 heteroatoms. The minimum absolute atomic E-state index is 0.150. The smallest absolute Gasteiger partial charge is 0.228 e. The normalized spacial score (nSPS) is 10.7. The molecular weight excluding hydrogens is 306 g/mol. The number of amides is 1. The van der Waals surface area contributed by atoms with E-state index in [4.69, 9.17) is 17.3 Å². The van der Waals surface area contributed by atoms with Crippen molar-refractivity contribution in [3.05, 3.63) is 52.5 Å². The lowest BCUT2D eigenvalue weighted by Gasteiger charge is -2.08. The van der Waals surface area contributed by atoms with E-state index in [0.29, 0.717) is 21.9 Å². The van der Waals surface area contributed by atoms with Crippen molar-refractivity contribution in [2.24, 2.45) is 0 Å². The Hall–Kier alpha value is -2.11. The van der Waals surface area contributed by atoms with Crippen molar-refractivity contribution in [3.63, 3.8) is 0 Å². The fourth-order valence-electron chi connectivity index (χ4n) is 2.10. The van der Waals surface area contributed by atoms with Crippen LogP contribution in [0.25, 0.3) is 10.2 Å². The molecule has 0 aliphatic rings. The van der Waals surface area contributed by atoms with Crippen LogP contribution in [0.1, 0.15) is 5.56 Å². The molecule has 1 heterocycles. The Labute approximate surface area is 130 Å². The highest BCUT2D eigenvalue weighted by Crippen LogP contribution is 2.32. The monoisotopic (exact) mass is 317 g/mol. The highest BCUT2D eigenvalue weighted by molar-refractivity contribution is 7.16. The first kappa shape index (κ1) is 13.9. The van der Waals surface area contributed by atoms with Gasteiger partial charge in [-0.05, 0) is 29.8 Å². The van der Waals surface area contributed by atoms with Gasteiger partial charge in [-0.15, -0.1) is 11.3 Å². The molecule has 3 rings (SSSR count). The largest absolute Gasteiger partial charge is 0.399 e. The highest BCUT2D eigenvalue weighted by Gasteiger charge is 2.12. The zero-order valence-electron chi connectivity index (χ0n) is 11.0. The van der Waals surface area contributed by atoms with Crippen molar-refractivity contribution in [2.45, 2.75) is 6.42 Å². The van der Waals surface area contributed by atoms with Crippen LogP contribution in [0.4, 0.5) is 11.4 Å². The van der Waals surface area contributed by atoms with Crippen LogP contribution in [0.2, 0.25) is 5.02 Å². The summed E-state index contributed by atoms with van der Waals surface area (Å²) in [6.07, 6.45) is 0.238. The first-order valence-corrected chi connectivity index (χ1v) is 7.55. The number of fused-ring (bicyclic) bond motifs is 1. The SMILES string of the molecule is Nc1cccc(CC(=O)Nc2c(Cl)ccc3scnc23)c1. The maximum absolute atomic E-state index is 12.2. The molecule has 3 aromatic rings. The lowest BCUT2D eigenvalue weighted by Crippen LogP contribution is -2.15. The van der Waals surface area contributed by atoms with E-state index in [9.17, 15) is 4.79 Å². The number of nitrogens with two attached hydrogens (primary N) is 1. The van der Waals surface area contributed by atoms with Crippen LogP contribution in [0.15, 0.2) is 41.9 Å². The second kappa shape index (κ2) is 5.71. The molecule has 2 aromatic carbocycles. The number of nitrogen functional groups attached to an aromatic ring is 1. The zero-order chi connectivity index (χ0) is 14.8. The molecule has 21 heavy (non-hydrogen) atoms. The van der Waals surface area contributed by atoms with Gasteiger partial charge in [-0.2, -0.15) is 0 Å². The Morgan fingerprint density at radius 1 is 1.33 bits per heavy atom. The number of halogens is 1. The van der Waals surface area contributed by atoms with Crippen molar-refractivity contribution < 1.29 is 4.79 Å². The molecule has 0 bridgehead atoms. The fourth-order valence-corrected chi connectivity index (χ4v) is 2.98. The number of hydrogen-bond acceptors (Lipinski definition) is 4. The van der Waals surface area contributed by atoms with E-state index in [2.05, 4.69) is 10.3 Å². The zero-order valence-corrected chi connectivity index (χ0v) is 12.5. The molecule has 0 saturated carbocycles. The molecule has 3 N–H and O–H groups in total. The molecule has 0 atom stereocenters. The van der Waals surface area contributed by atoms with Crippen molar-refractivity contribution in [3.8, 4) is 0 Å².